The lowest BCUT2D eigenvalue weighted by Gasteiger charge is -2.02. The third kappa shape index (κ3) is 6.06. The van der Waals surface area contributed by atoms with Crippen molar-refractivity contribution in [1.82, 2.24) is 0 Å². The van der Waals surface area contributed by atoms with Crippen LogP contribution >= 0.6 is 11.8 Å². The van der Waals surface area contributed by atoms with Crippen molar-refractivity contribution < 1.29 is 0 Å². The quantitative estimate of drug-likeness (QED) is 0.543. The molecule has 1 nitrogen and oxygen atoms in total. The molecule has 0 heterocycles. The zero-order valence-corrected chi connectivity index (χ0v) is 11.1. The number of anilines is 1. The molecule has 0 unspecified atom stereocenters. The van der Waals surface area contributed by atoms with Crippen molar-refractivity contribution in [2.24, 2.45) is 0 Å². The van der Waals surface area contributed by atoms with Crippen LogP contribution in [-0.2, 0) is 6.42 Å². The first kappa shape index (κ1) is 13.4. The number of nitrogen functional groups attached to an aromatic ring is 1. The van der Waals surface area contributed by atoms with Gasteiger partial charge in [0.25, 0.3) is 0 Å². The summed E-state index contributed by atoms with van der Waals surface area (Å²) in [6.07, 6.45) is 6.54. The molecule has 0 fully saturated rings. The zero-order valence-electron chi connectivity index (χ0n) is 10.2. The monoisotopic (exact) mass is 237 g/mol. The highest BCUT2D eigenvalue weighted by molar-refractivity contribution is 7.99. The molecule has 0 radical (unpaired) electrons. The van der Waals surface area contributed by atoms with Gasteiger partial charge in [0.15, 0.2) is 0 Å². The first-order valence-corrected chi connectivity index (χ1v) is 7.40. The minimum atomic E-state index is 0.859. The molecule has 16 heavy (non-hydrogen) atoms. The Kier molecular flexibility index (Phi) is 7.15. The highest BCUT2D eigenvalue weighted by atomic mass is 32.2. The number of nitrogens with two attached hydrogens (primary N) is 1. The van der Waals surface area contributed by atoms with E-state index in [2.05, 4.69) is 30.8 Å². The second-order valence-electron chi connectivity index (χ2n) is 4.16. The van der Waals surface area contributed by atoms with Gasteiger partial charge >= 0.3 is 0 Å². The minimum Gasteiger partial charge on any atom is -0.399 e. The summed E-state index contributed by atoms with van der Waals surface area (Å²) in [6, 6.07) is 8.25. The Hall–Kier alpha value is -0.630. The fourth-order valence-electron chi connectivity index (χ4n) is 1.62. The Morgan fingerprint density at radius 2 is 1.69 bits per heavy atom. The largest absolute Gasteiger partial charge is 0.399 e. The van der Waals surface area contributed by atoms with E-state index >= 15 is 0 Å². The van der Waals surface area contributed by atoms with Crippen molar-refractivity contribution >= 4 is 17.4 Å². The average molecular weight is 237 g/mol. The first-order valence-electron chi connectivity index (χ1n) is 6.25. The smallest absolute Gasteiger partial charge is 0.0314 e. The molecule has 2 heteroatoms. The van der Waals surface area contributed by atoms with Crippen LogP contribution in [0.2, 0.25) is 0 Å². The number of aryl methyl sites for hydroxylation is 1. The lowest BCUT2D eigenvalue weighted by Crippen LogP contribution is -1.90. The molecular weight excluding hydrogens is 214 g/mol. The zero-order chi connectivity index (χ0) is 11.6. The van der Waals surface area contributed by atoms with Gasteiger partial charge in [-0.3, -0.25) is 0 Å². The first-order chi connectivity index (χ1) is 7.83. The van der Waals surface area contributed by atoms with Crippen LogP contribution in [-0.4, -0.2) is 11.5 Å². The topological polar surface area (TPSA) is 26.0 Å². The normalized spacial score (nSPS) is 10.6. The summed E-state index contributed by atoms with van der Waals surface area (Å²) < 4.78 is 0. The number of hydrogen-bond donors (Lipinski definition) is 1. The maximum absolute atomic E-state index is 5.65. The summed E-state index contributed by atoms with van der Waals surface area (Å²) in [6.45, 7) is 2.26. The van der Waals surface area contributed by atoms with Crippen LogP contribution in [0.1, 0.15) is 38.2 Å². The van der Waals surface area contributed by atoms with Crippen LogP contribution in [0.5, 0.6) is 0 Å². The number of benzene rings is 1. The van der Waals surface area contributed by atoms with Crippen molar-refractivity contribution in [2.45, 2.75) is 39.0 Å². The molecule has 0 aliphatic carbocycles. The van der Waals surface area contributed by atoms with Crippen molar-refractivity contribution in [3.05, 3.63) is 29.8 Å². The van der Waals surface area contributed by atoms with Gasteiger partial charge in [0, 0.05) is 5.69 Å². The number of thioether (sulfide) groups is 1. The molecule has 90 valence electrons. The molecule has 0 aromatic heterocycles. The van der Waals surface area contributed by atoms with Gasteiger partial charge in [-0.15, -0.1) is 0 Å². The molecule has 0 saturated heterocycles. The Labute approximate surface area is 104 Å². The highest BCUT2D eigenvalue weighted by Crippen LogP contribution is 2.12. The molecular formula is C14H23NS. The Balaban J connectivity index is 2.01. The van der Waals surface area contributed by atoms with Gasteiger partial charge in [-0.05, 0) is 48.5 Å². The van der Waals surface area contributed by atoms with E-state index in [0.29, 0.717) is 0 Å². The van der Waals surface area contributed by atoms with E-state index in [1.54, 1.807) is 0 Å². The lowest BCUT2D eigenvalue weighted by molar-refractivity contribution is 0.778. The number of rotatable bonds is 8. The summed E-state index contributed by atoms with van der Waals surface area (Å²) in [5.74, 6) is 2.61. The molecule has 0 spiro atoms. The number of hydrogen-bond acceptors (Lipinski definition) is 2. The van der Waals surface area contributed by atoms with E-state index in [-0.39, 0.29) is 0 Å². The molecule has 2 N–H and O–H groups in total. The second-order valence-corrected chi connectivity index (χ2v) is 5.39. The molecule has 1 aromatic carbocycles. The molecule has 0 amide bonds. The van der Waals surface area contributed by atoms with E-state index in [9.17, 15) is 0 Å². The van der Waals surface area contributed by atoms with Gasteiger partial charge in [-0.25, -0.2) is 0 Å². The summed E-state index contributed by atoms with van der Waals surface area (Å²) in [7, 11) is 0. The molecule has 1 rings (SSSR count). The van der Waals surface area contributed by atoms with Gasteiger partial charge in [-0.1, -0.05) is 31.9 Å². The SMILES string of the molecule is CCCCCSCCCc1ccc(N)cc1. The van der Waals surface area contributed by atoms with Gasteiger partial charge < -0.3 is 5.73 Å². The molecule has 0 atom stereocenters. The summed E-state index contributed by atoms with van der Waals surface area (Å²) in [5.41, 5.74) is 7.91. The van der Waals surface area contributed by atoms with Crippen molar-refractivity contribution in [3.63, 3.8) is 0 Å². The highest BCUT2D eigenvalue weighted by Gasteiger charge is 1.94. The van der Waals surface area contributed by atoms with Crippen molar-refractivity contribution in [2.75, 3.05) is 17.2 Å². The third-order valence-corrected chi connectivity index (χ3v) is 3.78. The molecule has 1 aromatic rings. The molecule has 0 aliphatic heterocycles. The lowest BCUT2D eigenvalue weighted by atomic mass is 10.1. The van der Waals surface area contributed by atoms with Crippen molar-refractivity contribution in [3.8, 4) is 0 Å². The predicted molar refractivity (Wildman–Crippen MR) is 76.0 cm³/mol. The Bertz CT molecular complexity index is 269. The fourth-order valence-corrected chi connectivity index (χ4v) is 2.58. The van der Waals surface area contributed by atoms with Gasteiger partial charge in [0.1, 0.15) is 0 Å². The third-order valence-electron chi connectivity index (χ3n) is 2.63. The van der Waals surface area contributed by atoms with E-state index in [4.69, 9.17) is 5.73 Å². The van der Waals surface area contributed by atoms with E-state index in [1.165, 1.54) is 49.2 Å². The van der Waals surface area contributed by atoms with Gasteiger partial charge in [0.05, 0.1) is 0 Å². The Morgan fingerprint density at radius 3 is 2.38 bits per heavy atom. The van der Waals surface area contributed by atoms with Crippen molar-refractivity contribution in [1.29, 1.82) is 0 Å². The second kappa shape index (κ2) is 8.51. The fraction of sp³-hybridized carbons (Fsp3) is 0.571. The van der Waals surface area contributed by atoms with Crippen LogP contribution in [0, 0.1) is 0 Å². The molecule has 0 saturated carbocycles. The maximum atomic E-state index is 5.65. The van der Waals surface area contributed by atoms with Crippen LogP contribution < -0.4 is 5.73 Å². The minimum absolute atomic E-state index is 0.859. The molecule has 0 bridgehead atoms. The maximum Gasteiger partial charge on any atom is 0.0314 e. The van der Waals surface area contributed by atoms with E-state index < -0.39 is 0 Å². The van der Waals surface area contributed by atoms with Crippen LogP contribution in [0.15, 0.2) is 24.3 Å². The molecule has 0 aliphatic rings. The number of unbranched alkanes of at least 4 members (excludes halogenated alkanes) is 2. The van der Waals surface area contributed by atoms with Crippen LogP contribution in [0.4, 0.5) is 5.69 Å². The van der Waals surface area contributed by atoms with E-state index in [0.717, 1.165) is 5.69 Å². The average Bonchev–Trinajstić information content (AvgIpc) is 2.30. The predicted octanol–water partition coefficient (Wildman–Crippen LogP) is 4.12. The van der Waals surface area contributed by atoms with E-state index in [1.807, 2.05) is 12.1 Å². The van der Waals surface area contributed by atoms with Crippen LogP contribution in [0.25, 0.3) is 0 Å². The Morgan fingerprint density at radius 1 is 1.00 bits per heavy atom. The van der Waals surface area contributed by atoms with Crippen LogP contribution in [0.3, 0.4) is 0 Å². The standard InChI is InChI=1S/C14H23NS/c1-2-3-4-11-16-12-5-6-13-7-9-14(15)10-8-13/h7-10H,2-6,11-12,15H2,1H3. The van der Waals surface area contributed by atoms with Gasteiger partial charge in [0.2, 0.25) is 0 Å². The summed E-state index contributed by atoms with van der Waals surface area (Å²) in [4.78, 5) is 0. The van der Waals surface area contributed by atoms with Gasteiger partial charge in [-0.2, -0.15) is 11.8 Å². The summed E-state index contributed by atoms with van der Waals surface area (Å²) in [5, 5.41) is 0. The summed E-state index contributed by atoms with van der Waals surface area (Å²) >= 11 is 2.09.